The fraction of sp³-hybridized carbons (Fsp3) is 0.308. The molecule has 4 aromatic rings. The van der Waals surface area contributed by atoms with Crippen LogP contribution in [0, 0.1) is 6.92 Å². The number of hydrogen-bond donors (Lipinski definition) is 1. The Bertz CT molecular complexity index is 1820. The SMILES string of the molecule is Cc1nc(Cl)c2sc(N3CCN(S(=O)(=O)c4ccc(C(F)(F)F)cc4)[C@@H](C(=O)NCc4ccc(OC(F)(F)F)cc4)C3)nc2n1. The Morgan fingerprint density at radius 2 is 1.69 bits per heavy atom. The molecule has 0 radical (unpaired) electrons. The molecule has 1 saturated heterocycles. The Kier molecular flexibility index (Phi) is 8.87. The normalized spacial score (nSPS) is 16.6. The summed E-state index contributed by atoms with van der Waals surface area (Å²) in [5, 5.41) is 3.15. The van der Waals surface area contributed by atoms with Gasteiger partial charge in [-0.1, -0.05) is 35.1 Å². The number of fused-ring (bicyclic) bond motifs is 1. The van der Waals surface area contributed by atoms with E-state index in [0.29, 0.717) is 39.0 Å². The topological polar surface area (TPSA) is 118 Å². The predicted octanol–water partition coefficient (Wildman–Crippen LogP) is 5.16. The molecule has 0 unspecified atom stereocenters. The minimum absolute atomic E-state index is 0.0637. The van der Waals surface area contributed by atoms with Crippen LogP contribution in [-0.2, 0) is 27.5 Å². The van der Waals surface area contributed by atoms with E-state index < -0.39 is 50.7 Å². The number of hydrogen-bond acceptors (Lipinski definition) is 9. The molecule has 2 aromatic heterocycles. The van der Waals surface area contributed by atoms with Crippen molar-refractivity contribution in [2.45, 2.75) is 36.9 Å². The van der Waals surface area contributed by atoms with Crippen LogP contribution in [0.5, 0.6) is 5.75 Å². The number of anilines is 1. The number of ether oxygens (including phenoxy) is 1. The third kappa shape index (κ3) is 7.40. The lowest BCUT2D eigenvalue weighted by Crippen LogP contribution is -2.60. The van der Waals surface area contributed by atoms with E-state index in [0.717, 1.165) is 39.9 Å². The number of nitrogens with zero attached hydrogens (tertiary/aromatic N) is 5. The summed E-state index contributed by atoms with van der Waals surface area (Å²) in [6, 6.07) is 6.23. The second kappa shape index (κ2) is 12.2. The summed E-state index contributed by atoms with van der Waals surface area (Å²) in [6.45, 7) is 1.08. The maximum absolute atomic E-state index is 13.6. The molecule has 3 heterocycles. The van der Waals surface area contributed by atoms with E-state index in [4.69, 9.17) is 11.6 Å². The molecule has 1 N–H and O–H groups in total. The monoisotopic (exact) mass is 694 g/mol. The van der Waals surface area contributed by atoms with E-state index in [-0.39, 0.29) is 31.3 Å². The molecule has 0 saturated carbocycles. The summed E-state index contributed by atoms with van der Waals surface area (Å²) in [6.07, 6.45) is -9.57. The zero-order chi connectivity index (χ0) is 32.7. The van der Waals surface area contributed by atoms with Gasteiger partial charge in [0.2, 0.25) is 15.9 Å². The van der Waals surface area contributed by atoms with Gasteiger partial charge in [0, 0.05) is 26.2 Å². The average molecular weight is 695 g/mol. The third-order valence-electron chi connectivity index (χ3n) is 6.63. The molecule has 1 aliphatic heterocycles. The van der Waals surface area contributed by atoms with Gasteiger partial charge in [-0.25, -0.2) is 18.4 Å². The van der Waals surface area contributed by atoms with E-state index in [9.17, 15) is 39.6 Å². The molecule has 10 nitrogen and oxygen atoms in total. The van der Waals surface area contributed by atoms with Crippen LogP contribution in [0.25, 0.3) is 10.3 Å². The Morgan fingerprint density at radius 1 is 1.02 bits per heavy atom. The molecular weight excluding hydrogens is 674 g/mol. The molecule has 1 aliphatic rings. The number of carbonyl (C=O) groups is 1. The number of thiazole rings is 1. The largest absolute Gasteiger partial charge is 0.573 e. The number of aryl methyl sites for hydroxylation is 1. The number of rotatable bonds is 7. The van der Waals surface area contributed by atoms with Crippen molar-refractivity contribution in [2.24, 2.45) is 0 Å². The minimum atomic E-state index is -4.88. The average Bonchev–Trinajstić information content (AvgIpc) is 3.40. The Hall–Kier alpha value is -3.74. The maximum atomic E-state index is 13.6. The van der Waals surface area contributed by atoms with Crippen molar-refractivity contribution in [3.63, 3.8) is 0 Å². The van der Waals surface area contributed by atoms with E-state index in [2.05, 4.69) is 25.0 Å². The first kappa shape index (κ1) is 32.6. The molecule has 0 bridgehead atoms. The van der Waals surface area contributed by atoms with Crippen molar-refractivity contribution in [3.05, 3.63) is 70.6 Å². The highest BCUT2D eigenvalue weighted by Gasteiger charge is 2.41. The number of piperazine rings is 1. The highest BCUT2D eigenvalue weighted by molar-refractivity contribution is 7.89. The van der Waals surface area contributed by atoms with Crippen molar-refractivity contribution in [3.8, 4) is 5.75 Å². The number of halogens is 7. The zero-order valence-corrected chi connectivity index (χ0v) is 25.2. The van der Waals surface area contributed by atoms with Gasteiger partial charge in [-0.15, -0.1) is 13.2 Å². The van der Waals surface area contributed by atoms with Crippen molar-refractivity contribution in [1.82, 2.24) is 24.6 Å². The molecular formula is C26H21ClF6N6O4S2. The van der Waals surface area contributed by atoms with Gasteiger partial charge in [-0.05, 0) is 48.9 Å². The van der Waals surface area contributed by atoms with Crippen LogP contribution in [0.2, 0.25) is 5.15 Å². The summed E-state index contributed by atoms with van der Waals surface area (Å²) in [4.78, 5) is 27.6. The van der Waals surface area contributed by atoms with Crippen molar-refractivity contribution in [2.75, 3.05) is 24.5 Å². The van der Waals surface area contributed by atoms with Gasteiger partial charge in [-0.3, -0.25) is 4.79 Å². The highest BCUT2D eigenvalue weighted by atomic mass is 35.5. The molecule has 2 aromatic carbocycles. The van der Waals surface area contributed by atoms with Crippen LogP contribution in [-0.4, -0.2) is 65.6 Å². The molecule has 45 heavy (non-hydrogen) atoms. The molecule has 0 spiro atoms. The van der Waals surface area contributed by atoms with E-state index in [1.807, 2.05) is 0 Å². The second-order valence-electron chi connectivity index (χ2n) is 9.72. The van der Waals surface area contributed by atoms with Crippen molar-refractivity contribution < 1.29 is 44.3 Å². The minimum Gasteiger partial charge on any atom is -0.406 e. The van der Waals surface area contributed by atoms with Gasteiger partial charge < -0.3 is 15.0 Å². The quantitative estimate of drug-likeness (QED) is 0.208. The van der Waals surface area contributed by atoms with Crippen LogP contribution in [0.15, 0.2) is 53.4 Å². The molecule has 0 aliphatic carbocycles. The standard InChI is InChI=1S/C26H21ClF6N6O4S2/c1-14-35-21(27)20-22(36-14)37-24(44-20)38-10-11-39(45(41,42)18-8-4-16(5-9-18)25(28,29)30)19(13-38)23(40)34-12-15-2-6-17(7-3-15)43-26(31,32)33/h2-9,19H,10-13H2,1H3,(H,34,40)/t19-/m1/s1. The van der Waals surface area contributed by atoms with Crippen LogP contribution < -0.4 is 15.0 Å². The van der Waals surface area contributed by atoms with Gasteiger partial charge in [0.05, 0.1) is 10.5 Å². The van der Waals surface area contributed by atoms with Gasteiger partial charge >= 0.3 is 12.5 Å². The summed E-state index contributed by atoms with van der Waals surface area (Å²) in [5.41, 5.74) is -0.344. The lowest BCUT2D eigenvalue weighted by atomic mass is 10.1. The molecule has 240 valence electrons. The summed E-state index contributed by atoms with van der Waals surface area (Å²) >= 11 is 7.38. The number of amides is 1. The van der Waals surface area contributed by atoms with Crippen LogP contribution >= 0.6 is 22.9 Å². The van der Waals surface area contributed by atoms with Crippen molar-refractivity contribution >= 4 is 54.3 Å². The summed E-state index contributed by atoms with van der Waals surface area (Å²) < 4.78 is 109. The van der Waals surface area contributed by atoms with E-state index in [1.165, 1.54) is 12.1 Å². The molecule has 1 fully saturated rings. The number of sulfonamides is 1. The number of alkyl halides is 6. The highest BCUT2D eigenvalue weighted by Crippen LogP contribution is 2.35. The predicted molar refractivity (Wildman–Crippen MR) is 151 cm³/mol. The molecule has 1 amide bonds. The van der Waals surface area contributed by atoms with Gasteiger partial charge in [0.25, 0.3) is 0 Å². The van der Waals surface area contributed by atoms with Gasteiger partial charge in [0.15, 0.2) is 15.9 Å². The van der Waals surface area contributed by atoms with Crippen LogP contribution in [0.1, 0.15) is 17.0 Å². The van der Waals surface area contributed by atoms with Crippen molar-refractivity contribution in [1.29, 1.82) is 0 Å². The number of nitrogens with one attached hydrogen (secondary N) is 1. The lowest BCUT2D eigenvalue weighted by Gasteiger charge is -2.39. The Labute approximate surface area is 260 Å². The van der Waals surface area contributed by atoms with Crippen LogP contribution in [0.3, 0.4) is 0 Å². The summed E-state index contributed by atoms with van der Waals surface area (Å²) in [7, 11) is -4.47. The maximum Gasteiger partial charge on any atom is 0.573 e. The van der Waals surface area contributed by atoms with Crippen LogP contribution in [0.4, 0.5) is 31.5 Å². The third-order valence-corrected chi connectivity index (χ3v) is 10.0. The van der Waals surface area contributed by atoms with Gasteiger partial charge in [-0.2, -0.15) is 22.5 Å². The first-order chi connectivity index (χ1) is 21.0. The second-order valence-corrected chi connectivity index (χ2v) is 12.9. The number of benzene rings is 2. The fourth-order valence-corrected chi connectivity index (χ4v) is 7.34. The van der Waals surface area contributed by atoms with E-state index in [1.54, 1.807) is 11.8 Å². The first-order valence-electron chi connectivity index (χ1n) is 12.9. The fourth-order valence-electron chi connectivity index (χ4n) is 4.53. The lowest BCUT2D eigenvalue weighted by molar-refractivity contribution is -0.274. The molecule has 5 rings (SSSR count). The molecule has 19 heteroatoms. The smallest absolute Gasteiger partial charge is 0.406 e. The molecule has 1 atom stereocenters. The zero-order valence-electron chi connectivity index (χ0n) is 22.9. The van der Waals surface area contributed by atoms with Gasteiger partial charge in [0.1, 0.15) is 22.3 Å². The first-order valence-corrected chi connectivity index (χ1v) is 15.5. The Balaban J connectivity index is 1.41. The summed E-state index contributed by atoms with van der Waals surface area (Å²) in [5.74, 6) is -0.849. The Morgan fingerprint density at radius 3 is 2.31 bits per heavy atom. The number of aromatic nitrogens is 3. The number of carbonyl (C=O) groups excluding carboxylic acids is 1. The van der Waals surface area contributed by atoms with E-state index >= 15 is 0 Å².